The lowest BCUT2D eigenvalue weighted by atomic mass is 9.78. The van der Waals surface area contributed by atoms with Gasteiger partial charge in [-0.05, 0) is 130 Å². The molecule has 5 nitrogen and oxygen atoms in total. The second-order valence-electron chi connectivity index (χ2n) is 19.8. The smallest absolute Gasteiger partial charge is 0.269 e. The fraction of sp³-hybridized carbons (Fsp3) is 0.194. The molecule has 332 valence electrons. The van der Waals surface area contributed by atoms with Gasteiger partial charge < -0.3 is 4.74 Å². The number of imidazole rings is 1. The van der Waals surface area contributed by atoms with Gasteiger partial charge in [0.2, 0.25) is 0 Å². The summed E-state index contributed by atoms with van der Waals surface area (Å²) in [5.41, 5.74) is 15.8. The summed E-state index contributed by atoms with van der Waals surface area (Å²) < 4.78 is 13.7. The molecule has 0 atom stereocenters. The SMILES string of the molecule is Cc1c(C)[n+](-c2cc(-c3ccccc3)cc(C(C)(C)C)c2)[c-]n1-c1cc(Oc2ccc3c4ccccc4n(-c4cc(C(C)(C)c5ccccc5)ccn4)c3c2)cc(-c2ccccc2C(C)C)c1. The average Bonchev–Trinajstić information content (AvgIpc) is 3.83. The average molecular weight is 875 g/mol. The van der Waals surface area contributed by atoms with E-state index in [1.165, 1.54) is 44.3 Å². The molecular weight excluding hydrogens is 817 g/mol. The number of pyridine rings is 1. The van der Waals surface area contributed by atoms with Crippen molar-refractivity contribution in [3.05, 3.63) is 222 Å². The third-order valence-electron chi connectivity index (χ3n) is 13.7. The summed E-state index contributed by atoms with van der Waals surface area (Å²) >= 11 is 0. The van der Waals surface area contributed by atoms with E-state index in [9.17, 15) is 0 Å². The van der Waals surface area contributed by atoms with Crippen LogP contribution in [-0.4, -0.2) is 14.1 Å². The summed E-state index contributed by atoms with van der Waals surface area (Å²) in [7, 11) is 0. The molecule has 0 fully saturated rings. The van der Waals surface area contributed by atoms with E-state index < -0.39 is 0 Å². The number of ether oxygens (including phenoxy) is 1. The van der Waals surface area contributed by atoms with E-state index >= 15 is 0 Å². The van der Waals surface area contributed by atoms with Crippen molar-refractivity contribution < 1.29 is 9.30 Å². The van der Waals surface area contributed by atoms with E-state index in [1.54, 1.807) is 0 Å². The highest BCUT2D eigenvalue weighted by Crippen LogP contribution is 2.40. The van der Waals surface area contributed by atoms with Gasteiger partial charge in [-0.1, -0.05) is 158 Å². The first-order valence-corrected chi connectivity index (χ1v) is 23.5. The minimum atomic E-state index is -0.224. The van der Waals surface area contributed by atoms with Gasteiger partial charge in [-0.2, -0.15) is 0 Å². The van der Waals surface area contributed by atoms with Gasteiger partial charge in [-0.25, -0.2) is 4.98 Å². The maximum absolute atomic E-state index is 7.05. The third-order valence-corrected chi connectivity index (χ3v) is 13.7. The minimum Gasteiger partial charge on any atom is -0.458 e. The van der Waals surface area contributed by atoms with Gasteiger partial charge in [0.1, 0.15) is 17.3 Å². The zero-order chi connectivity index (χ0) is 46.6. The Morgan fingerprint density at radius 3 is 2.03 bits per heavy atom. The van der Waals surface area contributed by atoms with E-state index in [2.05, 4.69) is 258 Å². The molecule has 3 aromatic heterocycles. The quantitative estimate of drug-likeness (QED) is 0.101. The van der Waals surface area contributed by atoms with Crippen LogP contribution in [0.1, 0.15) is 88.0 Å². The number of aromatic nitrogens is 4. The highest BCUT2D eigenvalue weighted by molar-refractivity contribution is 6.09. The van der Waals surface area contributed by atoms with Crippen molar-refractivity contribution in [2.75, 3.05) is 0 Å². The van der Waals surface area contributed by atoms with Gasteiger partial charge in [0.25, 0.3) is 6.33 Å². The molecule has 0 aliphatic rings. The molecule has 7 aromatic carbocycles. The molecule has 0 radical (unpaired) electrons. The van der Waals surface area contributed by atoms with Crippen molar-refractivity contribution in [3.8, 4) is 50.9 Å². The van der Waals surface area contributed by atoms with Crippen LogP contribution in [0.25, 0.3) is 61.3 Å². The number of nitrogens with zero attached hydrogens (tertiary/aromatic N) is 4. The van der Waals surface area contributed by atoms with Gasteiger partial charge in [0.15, 0.2) is 0 Å². The Balaban J connectivity index is 1.11. The Hall–Kier alpha value is -7.50. The summed E-state index contributed by atoms with van der Waals surface area (Å²) in [4.78, 5) is 5.01. The number of para-hydroxylation sites is 1. The summed E-state index contributed by atoms with van der Waals surface area (Å²) in [5, 5.41) is 2.31. The summed E-state index contributed by atoms with van der Waals surface area (Å²) in [6.45, 7) is 20.3. The maximum atomic E-state index is 7.05. The largest absolute Gasteiger partial charge is 0.458 e. The van der Waals surface area contributed by atoms with Crippen LogP contribution in [-0.2, 0) is 10.8 Å². The van der Waals surface area contributed by atoms with Crippen molar-refractivity contribution in [1.82, 2.24) is 14.1 Å². The second-order valence-corrected chi connectivity index (χ2v) is 19.8. The van der Waals surface area contributed by atoms with E-state index in [-0.39, 0.29) is 10.8 Å². The van der Waals surface area contributed by atoms with E-state index in [4.69, 9.17) is 9.72 Å². The standard InChI is InChI=1S/C62H58N4O/c1-41(2)54-24-16-17-25-55(54)46-34-51(65-40-64(42(3)43(65)4)50-33-45(44-20-12-10-13-21-44)32-49(36-50)61(5,6)7)38-53(35-46)67-52-28-29-57-56-26-18-19-27-58(56)66(59(57)39-52)60-37-48(30-31-63-60)62(8,9)47-22-14-11-15-23-47/h10-39,41H,1-9H3. The van der Waals surface area contributed by atoms with Crippen LogP contribution >= 0.6 is 0 Å². The predicted molar refractivity (Wildman–Crippen MR) is 276 cm³/mol. The zero-order valence-electron chi connectivity index (χ0n) is 40.1. The number of hydrogen-bond acceptors (Lipinski definition) is 2. The summed E-state index contributed by atoms with van der Waals surface area (Å²) in [6.07, 6.45) is 5.74. The highest BCUT2D eigenvalue weighted by atomic mass is 16.5. The van der Waals surface area contributed by atoms with Crippen LogP contribution in [0, 0.1) is 20.2 Å². The van der Waals surface area contributed by atoms with Crippen LogP contribution < -0.4 is 9.30 Å². The number of fused-ring (bicyclic) bond motifs is 3. The molecule has 10 aromatic rings. The zero-order valence-corrected chi connectivity index (χ0v) is 40.1. The van der Waals surface area contributed by atoms with Gasteiger partial charge in [0.05, 0.1) is 33.8 Å². The molecule has 67 heavy (non-hydrogen) atoms. The van der Waals surface area contributed by atoms with Crippen molar-refractivity contribution in [1.29, 1.82) is 0 Å². The van der Waals surface area contributed by atoms with Crippen LogP contribution in [0.2, 0.25) is 0 Å². The van der Waals surface area contributed by atoms with Crippen LogP contribution in [0.3, 0.4) is 0 Å². The monoisotopic (exact) mass is 874 g/mol. The van der Waals surface area contributed by atoms with Crippen molar-refractivity contribution in [2.45, 2.75) is 79.1 Å². The van der Waals surface area contributed by atoms with E-state index in [0.717, 1.165) is 62.1 Å². The Morgan fingerprint density at radius 2 is 1.27 bits per heavy atom. The molecule has 0 saturated heterocycles. The Labute approximate surface area is 395 Å². The molecule has 0 aliphatic carbocycles. The van der Waals surface area contributed by atoms with Crippen LogP contribution in [0.4, 0.5) is 0 Å². The van der Waals surface area contributed by atoms with Crippen molar-refractivity contribution >= 4 is 21.8 Å². The molecule has 0 spiro atoms. The lowest BCUT2D eigenvalue weighted by Crippen LogP contribution is -2.33. The molecule has 0 unspecified atom stereocenters. The molecule has 0 aliphatic heterocycles. The molecule has 0 saturated carbocycles. The molecule has 10 rings (SSSR count). The molecule has 0 bridgehead atoms. The molecule has 0 N–H and O–H groups in total. The first kappa shape index (κ1) is 43.4. The fourth-order valence-electron chi connectivity index (χ4n) is 9.58. The predicted octanol–water partition coefficient (Wildman–Crippen LogP) is 15.5. The molecule has 5 heteroatoms. The third kappa shape index (κ3) is 8.14. The van der Waals surface area contributed by atoms with Crippen LogP contribution in [0.5, 0.6) is 11.5 Å². The highest BCUT2D eigenvalue weighted by Gasteiger charge is 2.25. The van der Waals surface area contributed by atoms with Crippen molar-refractivity contribution in [2.24, 2.45) is 0 Å². The fourth-order valence-corrected chi connectivity index (χ4v) is 9.58. The second kappa shape index (κ2) is 17.1. The minimum absolute atomic E-state index is 0.0484. The van der Waals surface area contributed by atoms with Gasteiger partial charge >= 0.3 is 0 Å². The maximum Gasteiger partial charge on any atom is 0.269 e. The molecule has 0 amide bonds. The van der Waals surface area contributed by atoms with Gasteiger partial charge in [-0.15, -0.1) is 0 Å². The Morgan fingerprint density at radius 1 is 0.567 bits per heavy atom. The van der Waals surface area contributed by atoms with E-state index in [1.807, 2.05) is 6.20 Å². The number of benzene rings is 7. The number of hydrogen-bond donors (Lipinski definition) is 0. The first-order chi connectivity index (χ1) is 32.2. The normalized spacial score (nSPS) is 12.1. The topological polar surface area (TPSA) is 35.9 Å². The molecular formula is C62H58N4O. The Kier molecular flexibility index (Phi) is 11.0. The van der Waals surface area contributed by atoms with Gasteiger partial charge in [0, 0.05) is 28.5 Å². The first-order valence-electron chi connectivity index (χ1n) is 23.5. The summed E-state index contributed by atoms with van der Waals surface area (Å²) in [5.74, 6) is 2.68. The van der Waals surface area contributed by atoms with E-state index in [0.29, 0.717) is 5.92 Å². The lowest BCUT2D eigenvalue weighted by Gasteiger charge is -2.26. The van der Waals surface area contributed by atoms with Gasteiger partial charge in [-0.3, -0.25) is 13.7 Å². The Bertz CT molecular complexity index is 3440. The lowest BCUT2D eigenvalue weighted by molar-refractivity contribution is -0.606. The van der Waals surface area contributed by atoms with Crippen molar-refractivity contribution in [3.63, 3.8) is 0 Å². The molecule has 3 heterocycles. The van der Waals surface area contributed by atoms with Crippen LogP contribution in [0.15, 0.2) is 182 Å². The number of rotatable bonds is 10. The summed E-state index contributed by atoms with van der Waals surface area (Å²) in [6, 6.07) is 63.0.